The van der Waals surface area contributed by atoms with E-state index in [4.69, 9.17) is 21.1 Å². The molecule has 0 aliphatic rings. The third kappa shape index (κ3) is 3.99. The van der Waals surface area contributed by atoms with Crippen LogP contribution in [-0.4, -0.2) is 19.5 Å². The lowest BCUT2D eigenvalue weighted by Crippen LogP contribution is -2.12. The summed E-state index contributed by atoms with van der Waals surface area (Å²) in [5.41, 5.74) is 1.73. The number of carbonyl (C=O) groups excluding carboxylic acids is 1. The third-order valence-corrected chi connectivity index (χ3v) is 3.41. The lowest BCUT2D eigenvalue weighted by molar-refractivity contribution is 0.0919. The van der Waals surface area contributed by atoms with Crippen molar-refractivity contribution in [2.45, 2.75) is 13.3 Å². The molecule has 0 radical (unpaired) electrons. The predicted octanol–water partition coefficient (Wildman–Crippen LogP) is 4.17. The van der Waals surface area contributed by atoms with E-state index in [1.165, 1.54) is 0 Å². The fraction of sp³-hybridized carbons (Fsp3) is 0.235. The summed E-state index contributed by atoms with van der Waals surface area (Å²) in [5, 5.41) is 0.601. The minimum absolute atomic E-state index is 0.0382. The lowest BCUT2D eigenvalue weighted by Gasteiger charge is -2.11. The first kappa shape index (κ1) is 15.4. The molecule has 0 atom stereocenters. The number of aryl methyl sites for hydroxylation is 1. The van der Waals surface area contributed by atoms with Crippen molar-refractivity contribution in [3.05, 3.63) is 58.6 Å². The molecule has 0 N–H and O–H groups in total. The standard InChI is InChI=1S/C17H17ClO3/c1-3-12-4-9-16(17(10-12)20-2)21-11-15(19)13-5-7-14(18)8-6-13/h4-10H,3,11H2,1-2H3. The molecule has 2 aromatic rings. The highest BCUT2D eigenvalue weighted by atomic mass is 35.5. The van der Waals surface area contributed by atoms with Gasteiger partial charge in [0.05, 0.1) is 7.11 Å². The maximum absolute atomic E-state index is 12.0. The van der Waals surface area contributed by atoms with Crippen LogP contribution in [0.15, 0.2) is 42.5 Å². The number of carbonyl (C=O) groups is 1. The van der Waals surface area contributed by atoms with E-state index in [1.54, 1.807) is 31.4 Å². The van der Waals surface area contributed by atoms with Crippen LogP contribution in [0.5, 0.6) is 11.5 Å². The second-order valence-corrected chi connectivity index (χ2v) is 4.99. The van der Waals surface area contributed by atoms with Crippen molar-refractivity contribution in [2.75, 3.05) is 13.7 Å². The number of rotatable bonds is 6. The van der Waals surface area contributed by atoms with Crippen LogP contribution in [0.2, 0.25) is 5.02 Å². The van der Waals surface area contributed by atoms with E-state index in [1.807, 2.05) is 18.2 Å². The SMILES string of the molecule is CCc1ccc(OCC(=O)c2ccc(Cl)cc2)c(OC)c1. The minimum atomic E-state index is -0.103. The van der Waals surface area contributed by atoms with E-state index in [0.29, 0.717) is 22.1 Å². The fourth-order valence-electron chi connectivity index (χ4n) is 1.91. The minimum Gasteiger partial charge on any atom is -0.493 e. The fourth-order valence-corrected chi connectivity index (χ4v) is 2.04. The Morgan fingerprint density at radius 2 is 1.81 bits per heavy atom. The van der Waals surface area contributed by atoms with Crippen molar-refractivity contribution in [1.82, 2.24) is 0 Å². The van der Waals surface area contributed by atoms with Gasteiger partial charge in [-0.05, 0) is 48.4 Å². The molecule has 4 heteroatoms. The molecule has 110 valence electrons. The van der Waals surface area contributed by atoms with Gasteiger partial charge in [-0.3, -0.25) is 4.79 Å². The third-order valence-electron chi connectivity index (χ3n) is 3.16. The summed E-state index contributed by atoms with van der Waals surface area (Å²) in [7, 11) is 1.59. The van der Waals surface area contributed by atoms with Gasteiger partial charge in [0.25, 0.3) is 0 Å². The molecule has 0 amide bonds. The van der Waals surface area contributed by atoms with Crippen molar-refractivity contribution < 1.29 is 14.3 Å². The number of ketones is 1. The Bertz CT molecular complexity index is 620. The maximum atomic E-state index is 12.0. The molecule has 0 aromatic heterocycles. The number of ether oxygens (including phenoxy) is 2. The van der Waals surface area contributed by atoms with Gasteiger partial charge < -0.3 is 9.47 Å². The van der Waals surface area contributed by atoms with Crippen LogP contribution in [0.25, 0.3) is 0 Å². The molecule has 0 spiro atoms. The molecule has 0 heterocycles. The number of benzene rings is 2. The Morgan fingerprint density at radius 1 is 1.10 bits per heavy atom. The number of hydrogen-bond acceptors (Lipinski definition) is 3. The Hall–Kier alpha value is -2.00. The topological polar surface area (TPSA) is 35.5 Å². The first-order valence-electron chi connectivity index (χ1n) is 6.72. The molecule has 0 saturated carbocycles. The van der Waals surface area contributed by atoms with Gasteiger partial charge in [0.1, 0.15) is 0 Å². The second-order valence-electron chi connectivity index (χ2n) is 4.56. The largest absolute Gasteiger partial charge is 0.493 e. The van der Waals surface area contributed by atoms with E-state index in [9.17, 15) is 4.79 Å². The van der Waals surface area contributed by atoms with Crippen molar-refractivity contribution in [3.63, 3.8) is 0 Å². The van der Waals surface area contributed by atoms with Gasteiger partial charge in [0.15, 0.2) is 23.9 Å². The normalized spacial score (nSPS) is 10.2. The van der Waals surface area contributed by atoms with E-state index in [0.717, 1.165) is 12.0 Å². The summed E-state index contributed by atoms with van der Waals surface area (Å²) in [6.07, 6.45) is 0.917. The van der Waals surface area contributed by atoms with Crippen LogP contribution in [0.3, 0.4) is 0 Å². The highest BCUT2D eigenvalue weighted by molar-refractivity contribution is 6.30. The monoisotopic (exact) mass is 304 g/mol. The van der Waals surface area contributed by atoms with Gasteiger partial charge in [-0.1, -0.05) is 24.6 Å². The average Bonchev–Trinajstić information content (AvgIpc) is 2.53. The van der Waals surface area contributed by atoms with Crippen LogP contribution in [-0.2, 0) is 6.42 Å². The quantitative estimate of drug-likeness (QED) is 0.751. The zero-order valence-corrected chi connectivity index (χ0v) is 12.8. The van der Waals surface area contributed by atoms with Crippen molar-refractivity contribution in [2.24, 2.45) is 0 Å². The summed E-state index contributed by atoms with van der Waals surface area (Å²) >= 11 is 5.80. The maximum Gasteiger partial charge on any atom is 0.200 e. The summed E-state index contributed by atoms with van der Waals surface area (Å²) in [6, 6.07) is 12.5. The predicted molar refractivity (Wildman–Crippen MR) is 83.6 cm³/mol. The van der Waals surface area contributed by atoms with Gasteiger partial charge in [0, 0.05) is 10.6 Å². The van der Waals surface area contributed by atoms with E-state index in [2.05, 4.69) is 6.92 Å². The van der Waals surface area contributed by atoms with E-state index < -0.39 is 0 Å². The lowest BCUT2D eigenvalue weighted by atomic mass is 10.1. The molecule has 0 unspecified atom stereocenters. The Morgan fingerprint density at radius 3 is 2.43 bits per heavy atom. The highest BCUT2D eigenvalue weighted by Crippen LogP contribution is 2.28. The Labute approximate surface area is 129 Å². The van der Waals surface area contributed by atoms with E-state index in [-0.39, 0.29) is 12.4 Å². The molecule has 21 heavy (non-hydrogen) atoms. The molecule has 3 nitrogen and oxygen atoms in total. The number of hydrogen-bond donors (Lipinski definition) is 0. The van der Waals surface area contributed by atoms with E-state index >= 15 is 0 Å². The smallest absolute Gasteiger partial charge is 0.200 e. The van der Waals surface area contributed by atoms with Crippen LogP contribution in [0, 0.1) is 0 Å². The summed E-state index contributed by atoms with van der Waals surface area (Å²) in [5.74, 6) is 1.10. The molecule has 0 aliphatic carbocycles. The van der Waals surface area contributed by atoms with Crippen LogP contribution in [0.1, 0.15) is 22.8 Å². The zero-order valence-electron chi connectivity index (χ0n) is 12.1. The van der Waals surface area contributed by atoms with Crippen molar-refractivity contribution in [1.29, 1.82) is 0 Å². The molecule has 0 bridgehead atoms. The molecule has 0 fully saturated rings. The van der Waals surface area contributed by atoms with Crippen LogP contribution < -0.4 is 9.47 Å². The molecular formula is C17H17ClO3. The molecular weight excluding hydrogens is 288 g/mol. The van der Waals surface area contributed by atoms with Gasteiger partial charge in [-0.25, -0.2) is 0 Å². The first-order chi connectivity index (χ1) is 10.1. The Balaban J connectivity index is 2.05. The van der Waals surface area contributed by atoms with Crippen LogP contribution in [0.4, 0.5) is 0 Å². The number of methoxy groups -OCH3 is 1. The Kier molecular flexibility index (Phi) is 5.23. The van der Waals surface area contributed by atoms with Crippen molar-refractivity contribution >= 4 is 17.4 Å². The molecule has 2 aromatic carbocycles. The van der Waals surface area contributed by atoms with Gasteiger partial charge in [-0.2, -0.15) is 0 Å². The van der Waals surface area contributed by atoms with Gasteiger partial charge in [-0.15, -0.1) is 0 Å². The summed E-state index contributed by atoms with van der Waals surface area (Å²) in [4.78, 5) is 12.0. The number of halogens is 1. The molecule has 0 aliphatic heterocycles. The zero-order chi connectivity index (χ0) is 15.2. The average molecular weight is 305 g/mol. The molecule has 2 rings (SSSR count). The summed E-state index contributed by atoms with van der Waals surface area (Å²) in [6.45, 7) is 2.03. The number of Topliss-reactive ketones (excluding diaryl/α,β-unsaturated/α-hetero) is 1. The molecule has 0 saturated heterocycles. The summed E-state index contributed by atoms with van der Waals surface area (Å²) < 4.78 is 10.9. The van der Waals surface area contributed by atoms with Crippen molar-refractivity contribution in [3.8, 4) is 11.5 Å². The highest BCUT2D eigenvalue weighted by Gasteiger charge is 2.10. The van der Waals surface area contributed by atoms with Gasteiger partial charge >= 0.3 is 0 Å². The second kappa shape index (κ2) is 7.14. The van der Waals surface area contributed by atoms with Gasteiger partial charge in [0.2, 0.25) is 0 Å². The first-order valence-corrected chi connectivity index (χ1v) is 7.10. The van der Waals surface area contributed by atoms with Crippen LogP contribution >= 0.6 is 11.6 Å².